The summed E-state index contributed by atoms with van der Waals surface area (Å²) in [6.07, 6.45) is 0. The Hall–Kier alpha value is -3.52. The fourth-order valence-corrected chi connectivity index (χ4v) is 4.44. The summed E-state index contributed by atoms with van der Waals surface area (Å²) in [5.41, 5.74) is 10.9. The fourth-order valence-electron chi connectivity index (χ4n) is 4.44. The van der Waals surface area contributed by atoms with Gasteiger partial charge in [-0.3, -0.25) is 0 Å². The van der Waals surface area contributed by atoms with Gasteiger partial charge < -0.3 is 0 Å². The number of benzene rings is 4. The van der Waals surface area contributed by atoms with E-state index in [0.717, 1.165) is 5.69 Å². The van der Waals surface area contributed by atoms with Crippen LogP contribution in [0.25, 0.3) is 33.4 Å². The molecule has 0 aromatic heterocycles. The molecule has 1 heterocycles. The lowest BCUT2D eigenvalue weighted by Crippen LogP contribution is -1.99. The summed E-state index contributed by atoms with van der Waals surface area (Å²) in [5.74, 6) is 0. The molecule has 0 saturated carbocycles. The zero-order valence-corrected chi connectivity index (χ0v) is 14.6. The molecule has 1 atom stereocenters. The summed E-state index contributed by atoms with van der Waals surface area (Å²) in [6.45, 7) is 0. The molecule has 0 fully saturated rings. The van der Waals surface area contributed by atoms with E-state index in [0.29, 0.717) is 0 Å². The highest BCUT2D eigenvalue weighted by Crippen LogP contribution is 2.51. The second-order valence-electron chi connectivity index (χ2n) is 7.03. The third-order valence-electron chi connectivity index (χ3n) is 5.62. The van der Waals surface area contributed by atoms with E-state index in [9.17, 15) is 0 Å². The van der Waals surface area contributed by atoms with Crippen LogP contribution in [-0.2, 0) is 0 Å². The first-order valence-electron chi connectivity index (χ1n) is 9.24. The van der Waals surface area contributed by atoms with Crippen molar-refractivity contribution in [3.05, 3.63) is 102 Å². The van der Waals surface area contributed by atoms with E-state index in [-0.39, 0.29) is 6.04 Å². The molecule has 27 heavy (non-hydrogen) atoms. The standard InChI is InChI=1S/C25H16N2/c1-2-10-18-16(8-1)17-9-3-4-11-19(17)21-14-7-15-23-24(21)25(27-26-23)22-13-6-5-12-20(18)22/h1-15,25H. The van der Waals surface area contributed by atoms with Crippen molar-refractivity contribution in [3.63, 3.8) is 0 Å². The zero-order chi connectivity index (χ0) is 17.8. The van der Waals surface area contributed by atoms with Crippen LogP contribution in [0.1, 0.15) is 17.2 Å². The van der Waals surface area contributed by atoms with Gasteiger partial charge in [-0.2, -0.15) is 10.2 Å². The molecule has 0 N–H and O–H groups in total. The molecule has 6 rings (SSSR count). The lowest BCUT2D eigenvalue weighted by molar-refractivity contribution is 0.866. The van der Waals surface area contributed by atoms with Crippen LogP contribution < -0.4 is 0 Å². The molecule has 126 valence electrons. The van der Waals surface area contributed by atoms with Gasteiger partial charge >= 0.3 is 0 Å². The molecule has 2 aliphatic rings. The fraction of sp³-hybridized carbons (Fsp3) is 0.0400. The van der Waals surface area contributed by atoms with E-state index in [1.165, 1.54) is 44.5 Å². The van der Waals surface area contributed by atoms with E-state index in [1.54, 1.807) is 0 Å². The first-order valence-corrected chi connectivity index (χ1v) is 9.24. The number of nitrogens with zero attached hydrogens (tertiary/aromatic N) is 2. The van der Waals surface area contributed by atoms with Gasteiger partial charge in [-0.1, -0.05) is 84.9 Å². The van der Waals surface area contributed by atoms with Gasteiger partial charge in [0.05, 0.1) is 5.69 Å². The smallest absolute Gasteiger partial charge is 0.125 e. The van der Waals surface area contributed by atoms with Crippen molar-refractivity contribution in [2.24, 2.45) is 10.2 Å². The van der Waals surface area contributed by atoms with Crippen molar-refractivity contribution in [2.75, 3.05) is 0 Å². The monoisotopic (exact) mass is 344 g/mol. The van der Waals surface area contributed by atoms with Gasteiger partial charge in [-0.15, -0.1) is 0 Å². The molecule has 0 saturated heterocycles. The summed E-state index contributed by atoms with van der Waals surface area (Å²) in [7, 11) is 0. The molecule has 4 aromatic rings. The highest BCUT2D eigenvalue weighted by Gasteiger charge is 2.30. The van der Waals surface area contributed by atoms with Gasteiger partial charge in [0.2, 0.25) is 0 Å². The van der Waals surface area contributed by atoms with Crippen LogP contribution in [0.5, 0.6) is 0 Å². The molecule has 1 aliphatic carbocycles. The SMILES string of the molecule is c1ccc2c(c1)-c1ccccc1-c1cccc3c1C(N=N3)c1ccccc1-2. The lowest BCUT2D eigenvalue weighted by Gasteiger charge is -2.16. The van der Waals surface area contributed by atoms with Crippen LogP contribution in [0.15, 0.2) is 101 Å². The number of hydrogen-bond acceptors (Lipinski definition) is 2. The first kappa shape index (κ1) is 14.6. The van der Waals surface area contributed by atoms with Gasteiger partial charge in [-0.25, -0.2) is 0 Å². The van der Waals surface area contributed by atoms with E-state index in [1.807, 2.05) is 0 Å². The Balaban J connectivity index is 1.84. The molecule has 4 aromatic carbocycles. The van der Waals surface area contributed by atoms with Gasteiger partial charge in [0.25, 0.3) is 0 Å². The van der Waals surface area contributed by atoms with Crippen LogP contribution in [0.3, 0.4) is 0 Å². The average Bonchev–Trinajstić information content (AvgIpc) is 3.18. The minimum Gasteiger partial charge on any atom is -0.175 e. The quantitative estimate of drug-likeness (QED) is 0.322. The van der Waals surface area contributed by atoms with E-state index < -0.39 is 0 Å². The second kappa shape index (κ2) is 5.49. The van der Waals surface area contributed by atoms with Crippen LogP contribution in [0.2, 0.25) is 0 Å². The third kappa shape index (κ3) is 2.01. The molecule has 2 heteroatoms. The Bertz CT molecular complexity index is 1240. The van der Waals surface area contributed by atoms with Crippen LogP contribution in [0, 0.1) is 0 Å². The topological polar surface area (TPSA) is 24.7 Å². The van der Waals surface area contributed by atoms with Crippen molar-refractivity contribution in [2.45, 2.75) is 6.04 Å². The summed E-state index contributed by atoms with van der Waals surface area (Å²) >= 11 is 0. The summed E-state index contributed by atoms with van der Waals surface area (Å²) < 4.78 is 0. The molecular formula is C25H16N2. The molecule has 1 unspecified atom stereocenters. The third-order valence-corrected chi connectivity index (χ3v) is 5.62. The van der Waals surface area contributed by atoms with Crippen molar-refractivity contribution in [3.8, 4) is 33.4 Å². The van der Waals surface area contributed by atoms with E-state index in [4.69, 9.17) is 0 Å². The molecular weight excluding hydrogens is 328 g/mol. The maximum absolute atomic E-state index is 4.69. The number of fused-ring (bicyclic) bond motifs is 7. The van der Waals surface area contributed by atoms with Crippen molar-refractivity contribution < 1.29 is 0 Å². The van der Waals surface area contributed by atoms with Crippen molar-refractivity contribution in [1.29, 1.82) is 0 Å². The predicted molar refractivity (Wildman–Crippen MR) is 109 cm³/mol. The molecule has 0 amide bonds. The van der Waals surface area contributed by atoms with Gasteiger partial charge in [0.15, 0.2) is 0 Å². The van der Waals surface area contributed by atoms with Gasteiger partial charge in [-0.05, 0) is 45.0 Å². The Kier molecular flexibility index (Phi) is 2.97. The molecule has 0 spiro atoms. The van der Waals surface area contributed by atoms with Crippen LogP contribution in [-0.4, -0.2) is 0 Å². The highest BCUT2D eigenvalue weighted by atomic mass is 15.2. The first-order chi connectivity index (χ1) is 13.4. The Morgan fingerprint density at radius 2 is 1.00 bits per heavy atom. The minimum atomic E-state index is -0.0633. The number of hydrogen-bond donors (Lipinski definition) is 0. The summed E-state index contributed by atoms with van der Waals surface area (Å²) in [6, 6.07) is 32.3. The Morgan fingerprint density at radius 3 is 1.70 bits per heavy atom. The van der Waals surface area contributed by atoms with E-state index in [2.05, 4.69) is 101 Å². The maximum atomic E-state index is 4.69. The predicted octanol–water partition coefficient (Wildman–Crippen LogP) is 7.19. The van der Waals surface area contributed by atoms with Crippen LogP contribution in [0.4, 0.5) is 5.69 Å². The van der Waals surface area contributed by atoms with Gasteiger partial charge in [0.1, 0.15) is 6.04 Å². The number of rotatable bonds is 0. The molecule has 1 aliphatic heterocycles. The highest BCUT2D eigenvalue weighted by molar-refractivity contribution is 5.95. The summed E-state index contributed by atoms with van der Waals surface area (Å²) in [4.78, 5) is 0. The molecule has 2 nitrogen and oxygen atoms in total. The largest absolute Gasteiger partial charge is 0.175 e. The normalized spacial score (nSPS) is 15.6. The number of azo groups is 1. The lowest BCUT2D eigenvalue weighted by atomic mass is 9.88. The minimum absolute atomic E-state index is 0.0633. The Morgan fingerprint density at radius 1 is 0.481 bits per heavy atom. The Labute approximate surface area is 157 Å². The molecule has 0 radical (unpaired) electrons. The second-order valence-corrected chi connectivity index (χ2v) is 7.03. The van der Waals surface area contributed by atoms with Gasteiger partial charge in [0, 0.05) is 5.56 Å². The van der Waals surface area contributed by atoms with Crippen molar-refractivity contribution >= 4 is 5.69 Å². The van der Waals surface area contributed by atoms with Crippen LogP contribution >= 0.6 is 0 Å². The maximum Gasteiger partial charge on any atom is 0.125 e. The van der Waals surface area contributed by atoms with E-state index >= 15 is 0 Å². The van der Waals surface area contributed by atoms with Crippen molar-refractivity contribution in [1.82, 2.24) is 0 Å². The average molecular weight is 344 g/mol. The summed E-state index contributed by atoms with van der Waals surface area (Å²) in [5, 5.41) is 9.21. The molecule has 0 bridgehead atoms. The zero-order valence-electron chi connectivity index (χ0n) is 14.6.